The van der Waals surface area contributed by atoms with Gasteiger partial charge in [-0.2, -0.15) is 0 Å². The Balaban J connectivity index is 1.13. The monoisotopic (exact) mass is 626 g/mol. The zero-order valence-corrected chi connectivity index (χ0v) is 27.6. The van der Waals surface area contributed by atoms with E-state index in [-0.39, 0.29) is 5.41 Å². The zero-order valence-electron chi connectivity index (χ0n) is 27.6. The molecule has 8 aromatic rings. The summed E-state index contributed by atoms with van der Waals surface area (Å²) >= 11 is 0. The first kappa shape index (κ1) is 29.1. The second-order valence-electron chi connectivity index (χ2n) is 13.4. The first-order valence-corrected chi connectivity index (χ1v) is 16.9. The minimum Gasteiger partial charge on any atom is -0.228 e. The van der Waals surface area contributed by atoms with E-state index in [9.17, 15) is 0 Å². The molecule has 0 spiro atoms. The van der Waals surface area contributed by atoms with E-state index in [4.69, 9.17) is 9.97 Å². The van der Waals surface area contributed by atoms with Gasteiger partial charge < -0.3 is 0 Å². The van der Waals surface area contributed by atoms with E-state index >= 15 is 0 Å². The van der Waals surface area contributed by atoms with E-state index in [1.807, 2.05) is 24.3 Å². The van der Waals surface area contributed by atoms with Crippen molar-refractivity contribution >= 4 is 10.8 Å². The summed E-state index contributed by atoms with van der Waals surface area (Å²) in [4.78, 5) is 10.00. The average molecular weight is 627 g/mol. The standard InChI is InChI=1S/C47H34N2/c1-47(2)40-28-36(26-27-39(40)45-41(47)29-37-20-12-13-21-38(37)44(45)34-16-8-4-9-17-34)31-22-24-33(25-23-31)43-30-42(32-14-6-3-7-15-32)48-46(49-43)35-18-10-5-11-19-35/h3-30H,1-2H3. The first-order valence-electron chi connectivity index (χ1n) is 16.9. The lowest BCUT2D eigenvalue weighted by molar-refractivity contribution is 0.661. The van der Waals surface area contributed by atoms with Crippen molar-refractivity contribution < 1.29 is 0 Å². The summed E-state index contributed by atoms with van der Waals surface area (Å²) in [5, 5.41) is 2.58. The van der Waals surface area contributed by atoms with Gasteiger partial charge in [-0.15, -0.1) is 0 Å². The van der Waals surface area contributed by atoms with E-state index in [0.29, 0.717) is 0 Å². The minimum absolute atomic E-state index is 0.142. The van der Waals surface area contributed by atoms with Crippen LogP contribution in [0.4, 0.5) is 0 Å². The Morgan fingerprint density at radius 3 is 1.59 bits per heavy atom. The number of hydrogen-bond acceptors (Lipinski definition) is 2. The number of fused-ring (bicyclic) bond motifs is 4. The molecule has 0 unspecified atom stereocenters. The van der Waals surface area contributed by atoms with Gasteiger partial charge in [-0.25, -0.2) is 9.97 Å². The highest BCUT2D eigenvalue weighted by atomic mass is 14.9. The fourth-order valence-corrected chi connectivity index (χ4v) is 7.53. The van der Waals surface area contributed by atoms with Gasteiger partial charge in [-0.1, -0.05) is 166 Å². The van der Waals surface area contributed by atoms with E-state index in [1.54, 1.807) is 0 Å². The van der Waals surface area contributed by atoms with Crippen LogP contribution < -0.4 is 0 Å². The third-order valence-electron chi connectivity index (χ3n) is 10.1. The Bertz CT molecular complexity index is 2420. The lowest BCUT2D eigenvalue weighted by atomic mass is 9.80. The van der Waals surface area contributed by atoms with Crippen molar-refractivity contribution in [2.75, 3.05) is 0 Å². The normalized spacial score (nSPS) is 12.9. The van der Waals surface area contributed by atoms with Crippen molar-refractivity contribution in [1.29, 1.82) is 0 Å². The lowest BCUT2D eigenvalue weighted by Gasteiger charge is -2.23. The van der Waals surface area contributed by atoms with Crippen molar-refractivity contribution in [3.63, 3.8) is 0 Å². The zero-order chi connectivity index (χ0) is 33.0. The molecular formula is C47H34N2. The molecule has 49 heavy (non-hydrogen) atoms. The Labute approximate surface area is 287 Å². The van der Waals surface area contributed by atoms with Crippen molar-refractivity contribution in [3.05, 3.63) is 181 Å². The van der Waals surface area contributed by atoms with Crippen LogP contribution in [0.5, 0.6) is 0 Å². The van der Waals surface area contributed by atoms with E-state index in [2.05, 4.69) is 159 Å². The minimum atomic E-state index is -0.142. The van der Waals surface area contributed by atoms with Crippen molar-refractivity contribution in [1.82, 2.24) is 9.97 Å². The van der Waals surface area contributed by atoms with Gasteiger partial charge in [0.2, 0.25) is 0 Å². The number of rotatable bonds is 5. The van der Waals surface area contributed by atoms with Crippen molar-refractivity contribution in [2.45, 2.75) is 19.3 Å². The molecule has 0 fully saturated rings. The maximum Gasteiger partial charge on any atom is 0.160 e. The second kappa shape index (κ2) is 11.5. The maximum absolute atomic E-state index is 5.04. The van der Waals surface area contributed by atoms with Gasteiger partial charge in [0.05, 0.1) is 11.4 Å². The second-order valence-corrected chi connectivity index (χ2v) is 13.4. The molecule has 0 saturated heterocycles. The molecule has 1 aliphatic carbocycles. The lowest BCUT2D eigenvalue weighted by Crippen LogP contribution is -2.15. The quantitative estimate of drug-likeness (QED) is 0.190. The number of nitrogens with zero attached hydrogens (tertiary/aromatic N) is 2. The Morgan fingerprint density at radius 1 is 0.388 bits per heavy atom. The summed E-state index contributed by atoms with van der Waals surface area (Å²) in [7, 11) is 0. The molecule has 7 aromatic carbocycles. The highest BCUT2D eigenvalue weighted by molar-refractivity contribution is 6.08. The molecule has 0 bridgehead atoms. The van der Waals surface area contributed by atoms with Gasteiger partial charge >= 0.3 is 0 Å². The molecule has 1 heterocycles. The fourth-order valence-electron chi connectivity index (χ4n) is 7.53. The topological polar surface area (TPSA) is 25.8 Å². The fraction of sp³-hybridized carbons (Fsp3) is 0.0638. The predicted octanol–water partition coefficient (Wildman–Crippen LogP) is 12.3. The molecule has 0 saturated carbocycles. The van der Waals surface area contributed by atoms with Crippen LogP contribution >= 0.6 is 0 Å². The summed E-state index contributed by atoms with van der Waals surface area (Å²) in [6.45, 7) is 4.75. The highest BCUT2D eigenvalue weighted by Crippen LogP contribution is 2.55. The molecule has 2 heteroatoms. The summed E-state index contributed by atoms with van der Waals surface area (Å²) in [5.41, 5.74) is 15.3. The molecule has 0 atom stereocenters. The van der Waals surface area contributed by atoms with Gasteiger partial charge in [0.25, 0.3) is 0 Å². The van der Waals surface area contributed by atoms with Crippen LogP contribution in [-0.4, -0.2) is 9.97 Å². The third kappa shape index (κ3) is 4.96. The van der Waals surface area contributed by atoms with Crippen molar-refractivity contribution in [2.24, 2.45) is 0 Å². The molecule has 2 nitrogen and oxygen atoms in total. The SMILES string of the molecule is CC1(C)c2cc(-c3ccc(-c4cc(-c5ccccc5)nc(-c5ccccc5)n4)cc3)ccc2-c2c1cc1ccccc1c2-c1ccccc1. The maximum atomic E-state index is 5.04. The van der Waals surface area contributed by atoms with Gasteiger partial charge in [0.1, 0.15) is 0 Å². The summed E-state index contributed by atoms with van der Waals surface area (Å²) in [5.74, 6) is 0.726. The smallest absolute Gasteiger partial charge is 0.160 e. The van der Waals surface area contributed by atoms with Crippen LogP contribution in [0.3, 0.4) is 0 Å². The van der Waals surface area contributed by atoms with Gasteiger partial charge in [0, 0.05) is 22.1 Å². The number of aromatic nitrogens is 2. The van der Waals surface area contributed by atoms with Crippen LogP contribution in [0, 0.1) is 0 Å². The average Bonchev–Trinajstić information content (AvgIpc) is 3.39. The first-order chi connectivity index (χ1) is 24.0. The predicted molar refractivity (Wildman–Crippen MR) is 204 cm³/mol. The summed E-state index contributed by atoms with van der Waals surface area (Å²) in [6, 6.07) is 60.6. The number of benzene rings is 7. The van der Waals surface area contributed by atoms with Crippen LogP contribution in [0.2, 0.25) is 0 Å². The Morgan fingerprint density at radius 2 is 0.918 bits per heavy atom. The molecule has 232 valence electrons. The molecular weight excluding hydrogens is 593 g/mol. The van der Waals surface area contributed by atoms with Gasteiger partial charge in [-0.05, 0) is 73.5 Å². The van der Waals surface area contributed by atoms with Gasteiger partial charge in [-0.3, -0.25) is 0 Å². The van der Waals surface area contributed by atoms with Crippen molar-refractivity contribution in [3.8, 4) is 67.3 Å². The van der Waals surface area contributed by atoms with E-state index in [0.717, 1.165) is 33.9 Å². The van der Waals surface area contributed by atoms with E-state index < -0.39 is 0 Å². The molecule has 0 aliphatic heterocycles. The highest BCUT2D eigenvalue weighted by Gasteiger charge is 2.38. The molecule has 1 aromatic heterocycles. The van der Waals surface area contributed by atoms with Crippen LogP contribution in [0.1, 0.15) is 25.0 Å². The molecule has 0 amide bonds. The molecule has 0 radical (unpaired) electrons. The summed E-state index contributed by atoms with van der Waals surface area (Å²) in [6.07, 6.45) is 0. The Hall–Kier alpha value is -6.12. The molecule has 1 aliphatic rings. The third-order valence-corrected chi connectivity index (χ3v) is 10.1. The van der Waals surface area contributed by atoms with E-state index in [1.165, 1.54) is 55.3 Å². The summed E-state index contributed by atoms with van der Waals surface area (Å²) < 4.78 is 0. The van der Waals surface area contributed by atoms with Crippen LogP contribution in [0.15, 0.2) is 170 Å². The number of hydrogen-bond donors (Lipinski definition) is 0. The Kier molecular flexibility index (Phi) is 6.84. The molecule has 0 N–H and O–H groups in total. The molecule has 9 rings (SSSR count). The van der Waals surface area contributed by atoms with Crippen LogP contribution in [-0.2, 0) is 5.41 Å². The largest absolute Gasteiger partial charge is 0.228 e. The van der Waals surface area contributed by atoms with Gasteiger partial charge in [0.15, 0.2) is 5.82 Å². The van der Waals surface area contributed by atoms with Crippen LogP contribution in [0.25, 0.3) is 78.1 Å².